The molecule has 4 aromatic heterocycles. The molecule has 0 amide bonds. The minimum atomic E-state index is 0.210. The SMILES string of the molecule is COc1cc(C=O)c(OCc2cn3cccc(-c4ccnn4C)c3n2)cn1. The van der Waals surface area contributed by atoms with E-state index in [9.17, 15) is 4.79 Å². The van der Waals surface area contributed by atoms with Gasteiger partial charge in [-0.25, -0.2) is 9.97 Å². The number of rotatable bonds is 6. The summed E-state index contributed by atoms with van der Waals surface area (Å²) in [4.78, 5) is 20.0. The van der Waals surface area contributed by atoms with Crippen molar-refractivity contribution < 1.29 is 14.3 Å². The average Bonchev–Trinajstić information content (AvgIpc) is 3.31. The zero-order valence-corrected chi connectivity index (χ0v) is 14.9. The molecule has 8 nitrogen and oxygen atoms in total. The molecule has 8 heteroatoms. The van der Waals surface area contributed by atoms with E-state index in [1.807, 2.05) is 42.0 Å². The molecule has 27 heavy (non-hydrogen) atoms. The highest BCUT2D eigenvalue weighted by Crippen LogP contribution is 2.24. The summed E-state index contributed by atoms with van der Waals surface area (Å²) < 4.78 is 14.5. The van der Waals surface area contributed by atoms with Gasteiger partial charge >= 0.3 is 0 Å². The molecule has 0 fully saturated rings. The fourth-order valence-corrected chi connectivity index (χ4v) is 2.89. The monoisotopic (exact) mass is 363 g/mol. The van der Waals surface area contributed by atoms with Crippen molar-refractivity contribution in [2.45, 2.75) is 6.61 Å². The van der Waals surface area contributed by atoms with Gasteiger partial charge in [0, 0.05) is 37.3 Å². The van der Waals surface area contributed by atoms with E-state index in [1.165, 1.54) is 19.4 Å². The van der Waals surface area contributed by atoms with Crippen LogP contribution in [0.4, 0.5) is 0 Å². The first-order chi connectivity index (χ1) is 13.2. The minimum Gasteiger partial charge on any atom is -0.485 e. The number of methoxy groups -OCH3 is 1. The Balaban J connectivity index is 1.63. The molecule has 0 aliphatic carbocycles. The van der Waals surface area contributed by atoms with Crippen LogP contribution in [0, 0.1) is 0 Å². The molecule has 4 heterocycles. The third kappa shape index (κ3) is 3.12. The van der Waals surface area contributed by atoms with Gasteiger partial charge in [-0.1, -0.05) is 0 Å². The second-order valence-corrected chi connectivity index (χ2v) is 5.90. The predicted octanol–water partition coefficient (Wildman–Crippen LogP) is 2.53. The number of carbonyl (C=O) groups excluding carboxylic acids is 1. The van der Waals surface area contributed by atoms with Crippen LogP contribution in [-0.2, 0) is 13.7 Å². The Morgan fingerprint density at radius 1 is 1.30 bits per heavy atom. The van der Waals surface area contributed by atoms with Crippen LogP contribution in [0.3, 0.4) is 0 Å². The highest BCUT2D eigenvalue weighted by Gasteiger charge is 2.12. The van der Waals surface area contributed by atoms with Crippen LogP contribution in [0.1, 0.15) is 16.1 Å². The van der Waals surface area contributed by atoms with Crippen LogP contribution in [0.5, 0.6) is 11.6 Å². The molecule has 0 aliphatic rings. The Hall–Kier alpha value is -3.68. The van der Waals surface area contributed by atoms with Gasteiger partial charge in [-0.3, -0.25) is 9.48 Å². The van der Waals surface area contributed by atoms with Crippen LogP contribution in [0.25, 0.3) is 16.9 Å². The largest absolute Gasteiger partial charge is 0.485 e. The van der Waals surface area contributed by atoms with Crippen LogP contribution >= 0.6 is 0 Å². The lowest BCUT2D eigenvalue weighted by molar-refractivity contribution is 0.111. The molecule has 0 N–H and O–H groups in total. The van der Waals surface area contributed by atoms with E-state index >= 15 is 0 Å². The number of hydrogen-bond donors (Lipinski definition) is 0. The van der Waals surface area contributed by atoms with Crippen LogP contribution < -0.4 is 9.47 Å². The Morgan fingerprint density at radius 2 is 2.19 bits per heavy atom. The Morgan fingerprint density at radius 3 is 2.93 bits per heavy atom. The van der Waals surface area contributed by atoms with E-state index in [4.69, 9.17) is 9.47 Å². The van der Waals surface area contributed by atoms with E-state index in [0.29, 0.717) is 23.5 Å². The number of aryl methyl sites for hydroxylation is 1. The van der Waals surface area contributed by atoms with Gasteiger partial charge < -0.3 is 13.9 Å². The van der Waals surface area contributed by atoms with Crippen LogP contribution in [0.15, 0.2) is 49.1 Å². The van der Waals surface area contributed by atoms with Gasteiger partial charge in [0.15, 0.2) is 6.29 Å². The molecule has 0 unspecified atom stereocenters. The Kier molecular flexibility index (Phi) is 4.29. The van der Waals surface area contributed by atoms with E-state index in [2.05, 4.69) is 15.1 Å². The topological polar surface area (TPSA) is 83.5 Å². The van der Waals surface area contributed by atoms with Crippen LogP contribution in [0.2, 0.25) is 0 Å². The first-order valence-electron chi connectivity index (χ1n) is 8.26. The highest BCUT2D eigenvalue weighted by atomic mass is 16.5. The molecule has 0 radical (unpaired) electrons. The third-order valence-corrected chi connectivity index (χ3v) is 4.21. The molecule has 0 bridgehead atoms. The van der Waals surface area contributed by atoms with Crippen molar-refractivity contribution in [1.29, 1.82) is 0 Å². The summed E-state index contributed by atoms with van der Waals surface area (Å²) in [6, 6.07) is 7.44. The fraction of sp³-hybridized carbons (Fsp3) is 0.158. The molecule has 0 atom stereocenters. The smallest absolute Gasteiger partial charge is 0.213 e. The summed E-state index contributed by atoms with van der Waals surface area (Å²) in [5.74, 6) is 0.743. The second kappa shape index (κ2) is 6.91. The van der Waals surface area contributed by atoms with E-state index in [-0.39, 0.29) is 6.61 Å². The molecule has 4 aromatic rings. The summed E-state index contributed by atoms with van der Waals surface area (Å²) in [6.07, 6.45) is 7.76. The zero-order chi connectivity index (χ0) is 18.8. The predicted molar refractivity (Wildman–Crippen MR) is 97.9 cm³/mol. The number of ether oxygens (including phenoxy) is 2. The van der Waals surface area contributed by atoms with Gasteiger partial charge in [-0.2, -0.15) is 5.10 Å². The number of pyridine rings is 2. The molecule has 0 aromatic carbocycles. The average molecular weight is 363 g/mol. The van der Waals surface area contributed by atoms with Crippen molar-refractivity contribution in [1.82, 2.24) is 24.1 Å². The lowest BCUT2D eigenvalue weighted by atomic mass is 10.2. The number of carbonyl (C=O) groups is 1. The minimum absolute atomic E-state index is 0.210. The summed E-state index contributed by atoms with van der Waals surface area (Å²) in [6.45, 7) is 0.210. The third-order valence-electron chi connectivity index (χ3n) is 4.21. The molecular formula is C19H17N5O3. The van der Waals surface area contributed by atoms with Crippen molar-refractivity contribution >= 4 is 11.9 Å². The van der Waals surface area contributed by atoms with Gasteiger partial charge in [0.05, 0.1) is 30.3 Å². The lowest BCUT2D eigenvalue weighted by Crippen LogP contribution is -2.00. The van der Waals surface area contributed by atoms with E-state index in [1.54, 1.807) is 10.9 Å². The summed E-state index contributed by atoms with van der Waals surface area (Å²) in [7, 11) is 3.39. The van der Waals surface area contributed by atoms with Gasteiger partial charge in [-0.15, -0.1) is 0 Å². The van der Waals surface area contributed by atoms with E-state index in [0.717, 1.165) is 22.6 Å². The standard InChI is InChI=1S/C19H17N5O3/c1-23-16(5-6-21-23)15-4-3-7-24-10-14(22-19(15)24)12-27-17-9-20-18(26-2)8-13(17)11-25/h3-11H,12H2,1-2H3. The van der Waals surface area contributed by atoms with Gasteiger partial charge in [0.25, 0.3) is 0 Å². The molecule has 4 rings (SSSR count). The van der Waals surface area contributed by atoms with Crippen LogP contribution in [-0.4, -0.2) is 37.5 Å². The van der Waals surface area contributed by atoms with Crippen molar-refractivity contribution in [3.8, 4) is 22.9 Å². The maximum absolute atomic E-state index is 11.3. The van der Waals surface area contributed by atoms with Crippen molar-refractivity contribution in [2.24, 2.45) is 7.05 Å². The number of hydrogen-bond acceptors (Lipinski definition) is 6. The first kappa shape index (κ1) is 16.8. The second-order valence-electron chi connectivity index (χ2n) is 5.90. The lowest BCUT2D eigenvalue weighted by Gasteiger charge is -2.07. The van der Waals surface area contributed by atoms with Gasteiger partial charge in [-0.05, 0) is 18.2 Å². The first-order valence-corrected chi connectivity index (χ1v) is 8.26. The molecule has 0 saturated carbocycles. The van der Waals surface area contributed by atoms with E-state index < -0.39 is 0 Å². The molecule has 136 valence electrons. The number of imidazole rings is 1. The maximum atomic E-state index is 11.3. The Bertz CT molecular complexity index is 1120. The maximum Gasteiger partial charge on any atom is 0.213 e. The van der Waals surface area contributed by atoms with Gasteiger partial charge in [0.1, 0.15) is 18.0 Å². The Labute approximate surface area is 155 Å². The summed E-state index contributed by atoms with van der Waals surface area (Å²) >= 11 is 0. The number of aromatic nitrogens is 5. The molecule has 0 aliphatic heterocycles. The van der Waals surface area contributed by atoms with Crippen molar-refractivity contribution in [3.63, 3.8) is 0 Å². The molecular weight excluding hydrogens is 346 g/mol. The number of aldehydes is 1. The number of nitrogens with zero attached hydrogens (tertiary/aromatic N) is 5. The quantitative estimate of drug-likeness (QED) is 0.490. The molecule has 0 saturated heterocycles. The molecule has 0 spiro atoms. The summed E-state index contributed by atoms with van der Waals surface area (Å²) in [5, 5.41) is 4.22. The highest BCUT2D eigenvalue weighted by molar-refractivity contribution is 5.79. The normalized spacial score (nSPS) is 10.9. The number of fused-ring (bicyclic) bond motifs is 1. The fourth-order valence-electron chi connectivity index (χ4n) is 2.89. The van der Waals surface area contributed by atoms with Gasteiger partial charge in [0.2, 0.25) is 5.88 Å². The van der Waals surface area contributed by atoms with Crippen molar-refractivity contribution in [3.05, 3.63) is 60.3 Å². The summed E-state index contributed by atoms with van der Waals surface area (Å²) in [5.41, 5.74) is 3.87. The zero-order valence-electron chi connectivity index (χ0n) is 14.9. The van der Waals surface area contributed by atoms with Crippen molar-refractivity contribution in [2.75, 3.05) is 7.11 Å².